The minimum Gasteiger partial charge on any atom is -0.326 e. The van der Waals surface area contributed by atoms with Crippen molar-refractivity contribution in [3.05, 3.63) is 64.0 Å². The van der Waals surface area contributed by atoms with Crippen molar-refractivity contribution in [3.63, 3.8) is 0 Å². The van der Waals surface area contributed by atoms with E-state index in [0.29, 0.717) is 27.9 Å². The van der Waals surface area contributed by atoms with Gasteiger partial charge in [0, 0.05) is 38.8 Å². The molecule has 0 spiro atoms. The average molecular weight is 409 g/mol. The molecule has 25 heavy (non-hydrogen) atoms. The van der Waals surface area contributed by atoms with E-state index in [1.54, 1.807) is 41.3 Å². The third kappa shape index (κ3) is 5.47. The summed E-state index contributed by atoms with van der Waals surface area (Å²) in [6, 6.07) is 14.7. The molecule has 1 N–H and O–H groups in total. The molecule has 0 radical (unpaired) electrons. The largest absolute Gasteiger partial charge is 0.326 e. The molecule has 0 saturated heterocycles. The fourth-order valence-electron chi connectivity index (χ4n) is 2.10. The molecule has 1 aromatic heterocycles. The first-order chi connectivity index (χ1) is 12.1. The van der Waals surface area contributed by atoms with Crippen molar-refractivity contribution in [1.29, 1.82) is 0 Å². The molecule has 3 aromatic rings. The van der Waals surface area contributed by atoms with Crippen LogP contribution in [0.15, 0.2) is 58.3 Å². The highest BCUT2D eigenvalue weighted by atomic mass is 35.5. The lowest BCUT2D eigenvalue weighted by atomic mass is 10.2. The monoisotopic (exact) mass is 408 g/mol. The van der Waals surface area contributed by atoms with Crippen molar-refractivity contribution in [3.8, 4) is 11.3 Å². The Hall–Kier alpha value is -1.53. The van der Waals surface area contributed by atoms with E-state index in [0.717, 1.165) is 15.6 Å². The number of halogens is 2. The smallest absolute Gasteiger partial charge is 0.225 e. The SMILES string of the molecule is O=C(CCSc1nc(-c2ccc(Cl)cc2)cs1)Nc1cccc(Cl)c1. The quantitative estimate of drug-likeness (QED) is 0.490. The predicted molar refractivity (Wildman–Crippen MR) is 108 cm³/mol. The molecule has 0 unspecified atom stereocenters. The summed E-state index contributed by atoms with van der Waals surface area (Å²) in [7, 11) is 0. The number of aromatic nitrogens is 1. The van der Waals surface area contributed by atoms with Gasteiger partial charge in [0.1, 0.15) is 0 Å². The van der Waals surface area contributed by atoms with Gasteiger partial charge in [-0.2, -0.15) is 0 Å². The second-order valence-electron chi connectivity index (χ2n) is 5.16. The van der Waals surface area contributed by atoms with Crippen molar-refractivity contribution >= 4 is 57.9 Å². The Bertz CT molecular complexity index is 866. The number of thiazole rings is 1. The molecule has 0 aliphatic rings. The van der Waals surface area contributed by atoms with E-state index in [1.165, 1.54) is 0 Å². The van der Waals surface area contributed by atoms with E-state index >= 15 is 0 Å². The fourth-order valence-corrected chi connectivity index (χ4v) is 4.26. The van der Waals surface area contributed by atoms with Crippen molar-refractivity contribution in [2.45, 2.75) is 10.8 Å². The van der Waals surface area contributed by atoms with Gasteiger partial charge in [0.05, 0.1) is 5.69 Å². The molecule has 0 aliphatic heterocycles. The van der Waals surface area contributed by atoms with Crippen LogP contribution in [-0.2, 0) is 4.79 Å². The van der Waals surface area contributed by atoms with Crippen LogP contribution in [0.3, 0.4) is 0 Å². The normalized spacial score (nSPS) is 10.6. The number of carbonyl (C=O) groups is 1. The maximum absolute atomic E-state index is 12.0. The molecule has 0 saturated carbocycles. The topological polar surface area (TPSA) is 42.0 Å². The van der Waals surface area contributed by atoms with E-state index in [-0.39, 0.29) is 5.91 Å². The van der Waals surface area contributed by atoms with Gasteiger partial charge in [-0.3, -0.25) is 4.79 Å². The first-order valence-corrected chi connectivity index (χ1v) is 10.1. The maximum Gasteiger partial charge on any atom is 0.225 e. The molecule has 0 bridgehead atoms. The van der Waals surface area contributed by atoms with Crippen LogP contribution in [0.1, 0.15) is 6.42 Å². The van der Waals surface area contributed by atoms with E-state index < -0.39 is 0 Å². The Morgan fingerprint density at radius 3 is 2.68 bits per heavy atom. The zero-order valence-electron chi connectivity index (χ0n) is 13.0. The highest BCUT2D eigenvalue weighted by Crippen LogP contribution is 2.29. The second-order valence-corrected chi connectivity index (χ2v) is 8.24. The van der Waals surface area contributed by atoms with Crippen LogP contribution in [0.5, 0.6) is 0 Å². The van der Waals surface area contributed by atoms with Crippen molar-refractivity contribution in [1.82, 2.24) is 4.98 Å². The molecule has 3 nitrogen and oxygen atoms in total. The summed E-state index contributed by atoms with van der Waals surface area (Å²) < 4.78 is 0.945. The molecule has 0 atom stereocenters. The van der Waals surface area contributed by atoms with Gasteiger partial charge < -0.3 is 5.32 Å². The van der Waals surface area contributed by atoms with E-state index in [4.69, 9.17) is 23.2 Å². The van der Waals surface area contributed by atoms with Gasteiger partial charge in [0.25, 0.3) is 0 Å². The lowest BCUT2D eigenvalue weighted by Crippen LogP contribution is -2.11. The third-order valence-electron chi connectivity index (χ3n) is 3.29. The zero-order valence-corrected chi connectivity index (χ0v) is 16.2. The first kappa shape index (κ1) is 18.3. The van der Waals surface area contributed by atoms with Crippen LogP contribution >= 0.6 is 46.3 Å². The maximum atomic E-state index is 12.0. The van der Waals surface area contributed by atoms with E-state index in [2.05, 4.69) is 10.3 Å². The van der Waals surface area contributed by atoms with Crippen LogP contribution < -0.4 is 5.32 Å². The highest BCUT2D eigenvalue weighted by Gasteiger charge is 2.07. The van der Waals surface area contributed by atoms with Crippen LogP contribution in [0, 0.1) is 0 Å². The summed E-state index contributed by atoms with van der Waals surface area (Å²) in [5, 5.41) is 6.16. The van der Waals surface area contributed by atoms with E-state index in [9.17, 15) is 4.79 Å². The summed E-state index contributed by atoms with van der Waals surface area (Å²) in [5.41, 5.74) is 2.67. The van der Waals surface area contributed by atoms with Crippen LogP contribution in [0.4, 0.5) is 5.69 Å². The van der Waals surface area contributed by atoms with Crippen molar-refractivity contribution in [2.24, 2.45) is 0 Å². The van der Waals surface area contributed by atoms with Gasteiger partial charge in [-0.05, 0) is 30.3 Å². The van der Waals surface area contributed by atoms with Crippen LogP contribution in [0.2, 0.25) is 10.0 Å². The second kappa shape index (κ2) is 8.72. The number of thioether (sulfide) groups is 1. The molecule has 2 aromatic carbocycles. The number of nitrogens with one attached hydrogen (secondary N) is 1. The van der Waals surface area contributed by atoms with Gasteiger partial charge in [-0.25, -0.2) is 4.98 Å². The van der Waals surface area contributed by atoms with Gasteiger partial charge >= 0.3 is 0 Å². The molecule has 128 valence electrons. The molecule has 0 fully saturated rings. The molecular formula is C18H14Cl2N2OS2. The first-order valence-electron chi connectivity index (χ1n) is 7.50. The average Bonchev–Trinajstić information content (AvgIpc) is 3.04. The number of anilines is 1. The fraction of sp³-hybridized carbons (Fsp3) is 0.111. The molecule has 1 heterocycles. The Balaban J connectivity index is 1.49. The number of hydrogen-bond acceptors (Lipinski definition) is 4. The summed E-state index contributed by atoms with van der Waals surface area (Å²) in [5.74, 6) is 0.629. The molecule has 7 heteroatoms. The van der Waals surface area contributed by atoms with E-state index in [1.807, 2.05) is 35.7 Å². The van der Waals surface area contributed by atoms with Crippen LogP contribution in [-0.4, -0.2) is 16.6 Å². The Kier molecular flexibility index (Phi) is 6.37. The van der Waals surface area contributed by atoms with Gasteiger partial charge in [0.2, 0.25) is 5.91 Å². The minimum atomic E-state index is -0.0377. The Labute approximate surface area is 164 Å². The summed E-state index contributed by atoms with van der Waals surface area (Å²) in [6.45, 7) is 0. The van der Waals surface area contributed by atoms with Gasteiger partial charge in [-0.15, -0.1) is 11.3 Å². The van der Waals surface area contributed by atoms with Crippen molar-refractivity contribution in [2.75, 3.05) is 11.1 Å². The molecular weight excluding hydrogens is 395 g/mol. The number of hydrogen-bond donors (Lipinski definition) is 1. The predicted octanol–water partition coefficient (Wildman–Crippen LogP) is 6.24. The summed E-state index contributed by atoms with van der Waals surface area (Å²) in [4.78, 5) is 16.6. The highest BCUT2D eigenvalue weighted by molar-refractivity contribution is 8.01. The summed E-state index contributed by atoms with van der Waals surface area (Å²) >= 11 is 15.0. The molecule has 1 amide bonds. The minimum absolute atomic E-state index is 0.0377. The third-order valence-corrected chi connectivity index (χ3v) is 5.80. The number of rotatable bonds is 6. The number of nitrogens with zero attached hydrogens (tertiary/aromatic N) is 1. The van der Waals surface area contributed by atoms with Gasteiger partial charge in [0.15, 0.2) is 4.34 Å². The Morgan fingerprint density at radius 2 is 1.92 bits per heavy atom. The van der Waals surface area contributed by atoms with Gasteiger partial charge in [-0.1, -0.05) is 53.2 Å². The lowest BCUT2D eigenvalue weighted by molar-refractivity contribution is -0.115. The lowest BCUT2D eigenvalue weighted by Gasteiger charge is -2.04. The number of carbonyl (C=O) groups excluding carboxylic acids is 1. The molecule has 3 rings (SSSR count). The zero-order chi connectivity index (χ0) is 17.6. The number of amides is 1. The van der Waals surface area contributed by atoms with Crippen LogP contribution in [0.25, 0.3) is 11.3 Å². The molecule has 0 aliphatic carbocycles. The number of benzene rings is 2. The summed E-state index contributed by atoms with van der Waals surface area (Å²) in [6.07, 6.45) is 0.410. The standard InChI is InChI=1S/C18H14Cl2N2OS2/c19-13-6-4-12(5-7-13)16-11-25-18(22-16)24-9-8-17(23)21-15-3-1-2-14(20)10-15/h1-7,10-11H,8-9H2,(H,21,23). The Morgan fingerprint density at radius 1 is 1.12 bits per heavy atom. The van der Waals surface area contributed by atoms with Crippen molar-refractivity contribution < 1.29 is 4.79 Å².